The van der Waals surface area contributed by atoms with Crippen LogP contribution in [0.5, 0.6) is 5.75 Å². The Balaban J connectivity index is 1.75. The molecule has 166 valence electrons. The fraction of sp³-hybridized carbons (Fsp3) is 0.120. The van der Waals surface area contributed by atoms with Gasteiger partial charge in [-0.2, -0.15) is 0 Å². The minimum Gasteiger partial charge on any atom is -0.497 e. The summed E-state index contributed by atoms with van der Waals surface area (Å²) >= 11 is 0. The number of nitrogens with one attached hydrogen (secondary N) is 1. The van der Waals surface area contributed by atoms with Gasteiger partial charge in [-0.25, -0.2) is 4.98 Å². The molecule has 1 atom stereocenters. The molecule has 1 N–H and O–H groups in total. The third-order valence-electron chi connectivity index (χ3n) is 5.34. The van der Waals surface area contributed by atoms with Crippen molar-refractivity contribution >= 4 is 17.2 Å². The van der Waals surface area contributed by atoms with E-state index in [1.807, 2.05) is 41.9 Å². The number of aromatic nitrogens is 2. The van der Waals surface area contributed by atoms with Crippen molar-refractivity contribution < 1.29 is 14.5 Å². The van der Waals surface area contributed by atoms with Crippen LogP contribution in [0.4, 0.5) is 11.4 Å². The van der Waals surface area contributed by atoms with E-state index < -0.39 is 11.0 Å². The molecule has 0 amide bonds. The summed E-state index contributed by atoms with van der Waals surface area (Å²) in [6, 6.07) is 20.1. The predicted octanol–water partition coefficient (Wildman–Crippen LogP) is 4.77. The molecule has 4 rings (SSSR count). The monoisotopic (exact) mass is 442 g/mol. The van der Waals surface area contributed by atoms with Crippen LogP contribution in [0.3, 0.4) is 0 Å². The molecule has 0 spiro atoms. The molecule has 0 fully saturated rings. The molecule has 0 saturated heterocycles. The molecule has 0 bridgehead atoms. The van der Waals surface area contributed by atoms with E-state index in [4.69, 9.17) is 4.74 Å². The molecular formula is C25H22N4O4. The van der Waals surface area contributed by atoms with Crippen molar-refractivity contribution in [3.05, 3.63) is 118 Å². The maximum Gasteiger partial charge on any atom is 0.293 e. The zero-order valence-corrected chi connectivity index (χ0v) is 18.1. The summed E-state index contributed by atoms with van der Waals surface area (Å²) in [5.41, 5.74) is 1.62. The van der Waals surface area contributed by atoms with Crippen LogP contribution in [0.1, 0.15) is 33.4 Å². The van der Waals surface area contributed by atoms with Gasteiger partial charge in [0.1, 0.15) is 23.3 Å². The van der Waals surface area contributed by atoms with E-state index in [0.717, 1.165) is 5.56 Å². The number of hydrogen-bond acceptors (Lipinski definition) is 6. The number of methoxy groups -OCH3 is 1. The second-order valence-electron chi connectivity index (χ2n) is 7.43. The van der Waals surface area contributed by atoms with Gasteiger partial charge < -0.3 is 14.6 Å². The van der Waals surface area contributed by atoms with Gasteiger partial charge in [-0.1, -0.05) is 42.5 Å². The van der Waals surface area contributed by atoms with Crippen molar-refractivity contribution in [3.63, 3.8) is 0 Å². The summed E-state index contributed by atoms with van der Waals surface area (Å²) in [4.78, 5) is 28.7. The Morgan fingerprint density at radius 3 is 2.52 bits per heavy atom. The molecule has 0 aliphatic carbocycles. The standard InChI is InChI=1S/C25H22N4O4/c1-28-14-13-26-25(28)23(18-9-6-10-20(15-18)33-2)27-21-12-11-19(16-22(21)29(31)32)24(30)17-7-4-3-5-8-17/h3-16,23,27H,1-2H3. The number of hydrogen-bond donors (Lipinski definition) is 1. The van der Waals surface area contributed by atoms with E-state index in [2.05, 4.69) is 10.3 Å². The molecule has 1 heterocycles. The molecule has 3 aromatic carbocycles. The number of aryl methyl sites for hydroxylation is 1. The fourth-order valence-electron chi connectivity index (χ4n) is 3.63. The fourth-order valence-corrected chi connectivity index (χ4v) is 3.63. The molecule has 0 saturated carbocycles. The van der Waals surface area contributed by atoms with E-state index in [9.17, 15) is 14.9 Å². The van der Waals surface area contributed by atoms with Crippen LogP contribution in [0, 0.1) is 10.1 Å². The lowest BCUT2D eigenvalue weighted by Gasteiger charge is -2.21. The number of ether oxygens (including phenoxy) is 1. The Bertz CT molecular complexity index is 1300. The summed E-state index contributed by atoms with van der Waals surface area (Å²) in [5, 5.41) is 15.2. The topological polar surface area (TPSA) is 99.3 Å². The highest BCUT2D eigenvalue weighted by Crippen LogP contribution is 2.33. The number of carbonyl (C=O) groups excluding carboxylic acids is 1. The van der Waals surface area contributed by atoms with Crippen LogP contribution in [0.2, 0.25) is 0 Å². The zero-order valence-electron chi connectivity index (χ0n) is 18.1. The van der Waals surface area contributed by atoms with Gasteiger partial charge in [0, 0.05) is 36.6 Å². The molecule has 8 nitrogen and oxygen atoms in total. The Morgan fingerprint density at radius 1 is 1.06 bits per heavy atom. The van der Waals surface area contributed by atoms with E-state index >= 15 is 0 Å². The number of nitro groups is 1. The Hall–Kier alpha value is -4.46. The molecule has 0 radical (unpaired) electrons. The van der Waals surface area contributed by atoms with Gasteiger partial charge in [0.25, 0.3) is 5.69 Å². The first-order chi connectivity index (χ1) is 16.0. The van der Waals surface area contributed by atoms with Crippen LogP contribution in [0.15, 0.2) is 85.2 Å². The molecular weight excluding hydrogens is 420 g/mol. The predicted molar refractivity (Wildman–Crippen MR) is 125 cm³/mol. The molecule has 0 aliphatic rings. The lowest BCUT2D eigenvalue weighted by molar-refractivity contribution is -0.384. The number of imidazole rings is 1. The highest BCUT2D eigenvalue weighted by molar-refractivity contribution is 6.09. The number of rotatable bonds is 8. The minimum absolute atomic E-state index is 0.195. The molecule has 0 aliphatic heterocycles. The Labute approximate surface area is 190 Å². The van der Waals surface area contributed by atoms with Gasteiger partial charge in [-0.3, -0.25) is 14.9 Å². The van der Waals surface area contributed by atoms with Crippen LogP contribution in [-0.2, 0) is 7.05 Å². The first kappa shape index (κ1) is 21.8. The SMILES string of the molecule is COc1cccc(C(Nc2ccc(C(=O)c3ccccc3)cc2[N+](=O)[O-])c2nccn2C)c1. The summed E-state index contributed by atoms with van der Waals surface area (Å²) in [7, 11) is 3.43. The second kappa shape index (κ2) is 9.35. The van der Waals surface area contributed by atoms with Crippen LogP contribution in [-0.4, -0.2) is 27.4 Å². The van der Waals surface area contributed by atoms with Crippen molar-refractivity contribution in [2.45, 2.75) is 6.04 Å². The first-order valence-electron chi connectivity index (χ1n) is 10.2. The third kappa shape index (κ3) is 4.59. The van der Waals surface area contributed by atoms with Crippen LogP contribution >= 0.6 is 0 Å². The Morgan fingerprint density at radius 2 is 1.85 bits per heavy atom. The van der Waals surface area contributed by atoms with Gasteiger partial charge in [0.05, 0.1) is 12.0 Å². The zero-order chi connectivity index (χ0) is 23.4. The van der Waals surface area contributed by atoms with Crippen LogP contribution < -0.4 is 10.1 Å². The summed E-state index contributed by atoms with van der Waals surface area (Å²) in [5.74, 6) is 1.05. The molecule has 8 heteroatoms. The quantitative estimate of drug-likeness (QED) is 0.240. The third-order valence-corrected chi connectivity index (χ3v) is 5.34. The number of benzene rings is 3. The maximum absolute atomic E-state index is 12.8. The number of nitrogens with zero attached hydrogens (tertiary/aromatic N) is 3. The molecule has 1 unspecified atom stereocenters. The lowest BCUT2D eigenvalue weighted by Crippen LogP contribution is -2.18. The maximum atomic E-state index is 12.8. The minimum atomic E-state index is -0.495. The average molecular weight is 442 g/mol. The lowest BCUT2D eigenvalue weighted by atomic mass is 10.0. The van der Waals surface area contributed by atoms with E-state index in [1.54, 1.807) is 55.9 Å². The van der Waals surface area contributed by atoms with Gasteiger partial charge in [0.15, 0.2) is 5.78 Å². The number of carbonyl (C=O) groups is 1. The van der Waals surface area contributed by atoms with Crippen molar-refractivity contribution in [3.8, 4) is 5.75 Å². The first-order valence-corrected chi connectivity index (χ1v) is 10.2. The van der Waals surface area contributed by atoms with E-state index in [1.165, 1.54) is 6.07 Å². The molecule has 33 heavy (non-hydrogen) atoms. The second-order valence-corrected chi connectivity index (χ2v) is 7.43. The highest BCUT2D eigenvalue weighted by Gasteiger charge is 2.24. The van der Waals surface area contributed by atoms with Gasteiger partial charge in [0.2, 0.25) is 0 Å². The van der Waals surface area contributed by atoms with Crippen molar-refractivity contribution in [2.24, 2.45) is 7.05 Å². The Kier molecular flexibility index (Phi) is 6.17. The molecule has 4 aromatic rings. The number of anilines is 1. The summed E-state index contributed by atoms with van der Waals surface area (Å²) in [6.07, 6.45) is 3.47. The normalized spacial score (nSPS) is 11.6. The van der Waals surface area contributed by atoms with Crippen LogP contribution in [0.25, 0.3) is 0 Å². The van der Waals surface area contributed by atoms with E-state index in [-0.39, 0.29) is 22.7 Å². The van der Waals surface area contributed by atoms with Crippen molar-refractivity contribution in [2.75, 3.05) is 12.4 Å². The number of ketones is 1. The van der Waals surface area contributed by atoms with E-state index in [0.29, 0.717) is 17.1 Å². The summed E-state index contributed by atoms with van der Waals surface area (Å²) < 4.78 is 7.19. The average Bonchev–Trinajstić information content (AvgIpc) is 3.28. The van der Waals surface area contributed by atoms with Gasteiger partial charge >= 0.3 is 0 Å². The highest BCUT2D eigenvalue weighted by atomic mass is 16.6. The van der Waals surface area contributed by atoms with Gasteiger partial charge in [-0.05, 0) is 29.8 Å². The summed E-state index contributed by atoms with van der Waals surface area (Å²) in [6.45, 7) is 0. The number of nitro benzene ring substituents is 1. The van der Waals surface area contributed by atoms with Crippen molar-refractivity contribution in [1.82, 2.24) is 9.55 Å². The smallest absolute Gasteiger partial charge is 0.293 e. The van der Waals surface area contributed by atoms with Crippen molar-refractivity contribution in [1.29, 1.82) is 0 Å². The van der Waals surface area contributed by atoms with Gasteiger partial charge in [-0.15, -0.1) is 0 Å². The molecule has 1 aromatic heterocycles. The largest absolute Gasteiger partial charge is 0.497 e.